The number of tetrazole rings is 1. The number of hydrogen-bond donors (Lipinski definition) is 1. The molecule has 2 aromatic rings. The van der Waals surface area contributed by atoms with Gasteiger partial charge in [-0.05, 0) is 22.9 Å². The Morgan fingerprint density at radius 1 is 1.55 bits per heavy atom. The number of amides is 1. The molecule has 0 saturated carbocycles. The second kappa shape index (κ2) is 5.49. The molecule has 1 aliphatic heterocycles. The van der Waals surface area contributed by atoms with Crippen molar-refractivity contribution in [3.63, 3.8) is 0 Å². The van der Waals surface area contributed by atoms with Crippen LogP contribution in [-0.2, 0) is 0 Å². The number of aromatic nitrogens is 4. The molecule has 0 fully saturated rings. The first-order valence-corrected chi connectivity index (χ1v) is 7.24. The number of nitrogens with one attached hydrogen (secondary N) is 1. The Morgan fingerprint density at radius 2 is 2.45 bits per heavy atom. The predicted molar refractivity (Wildman–Crippen MR) is 74.2 cm³/mol. The van der Waals surface area contributed by atoms with Crippen LogP contribution in [0.5, 0.6) is 0 Å². The summed E-state index contributed by atoms with van der Waals surface area (Å²) in [6.07, 6.45) is 2.17. The Hall–Kier alpha value is -2.09. The average Bonchev–Trinajstić information content (AvgIpc) is 3.18. The van der Waals surface area contributed by atoms with Gasteiger partial charge in [0.1, 0.15) is 0 Å². The molecule has 7 nitrogen and oxygen atoms in total. The van der Waals surface area contributed by atoms with E-state index in [2.05, 4.69) is 26.7 Å². The van der Waals surface area contributed by atoms with Gasteiger partial charge in [-0.15, -0.1) is 10.2 Å². The summed E-state index contributed by atoms with van der Waals surface area (Å²) in [5.74, 6) is 2.90. The second-order valence-corrected chi connectivity index (χ2v) is 5.47. The van der Waals surface area contributed by atoms with Crippen LogP contribution in [0.4, 0.5) is 0 Å². The third-order valence-corrected chi connectivity index (χ3v) is 3.92. The smallest absolute Gasteiger partial charge is 0.289 e. The number of carbonyl (C=O) groups excluding carboxylic acids is 1. The summed E-state index contributed by atoms with van der Waals surface area (Å²) < 4.78 is 5.47. The fourth-order valence-corrected chi connectivity index (χ4v) is 2.88. The zero-order chi connectivity index (χ0) is 13.9. The number of carbonyl (C=O) groups is 1. The van der Waals surface area contributed by atoms with Crippen LogP contribution in [0.2, 0.25) is 0 Å². The second-order valence-electron chi connectivity index (χ2n) is 4.44. The first-order chi connectivity index (χ1) is 9.74. The molecular formula is C12H13N5O2S. The fraction of sp³-hybridized carbons (Fsp3) is 0.333. The van der Waals surface area contributed by atoms with Gasteiger partial charge in [0.25, 0.3) is 5.91 Å². The zero-order valence-electron chi connectivity index (χ0n) is 10.9. The van der Waals surface area contributed by atoms with E-state index in [9.17, 15) is 4.79 Å². The van der Waals surface area contributed by atoms with Gasteiger partial charge in [0.15, 0.2) is 11.5 Å². The summed E-state index contributed by atoms with van der Waals surface area (Å²) in [5, 5.41) is 13.4. The van der Waals surface area contributed by atoms with E-state index >= 15 is 0 Å². The molecule has 1 N–H and O–H groups in total. The van der Waals surface area contributed by atoms with Gasteiger partial charge in [-0.2, -0.15) is 17.0 Å². The minimum Gasteiger partial charge on any atom is -0.447 e. The Balaban J connectivity index is 1.70. The maximum absolute atomic E-state index is 12.2. The van der Waals surface area contributed by atoms with Gasteiger partial charge < -0.3 is 9.32 Å². The lowest BCUT2D eigenvalue weighted by Gasteiger charge is -2.16. The van der Waals surface area contributed by atoms with E-state index < -0.39 is 0 Å². The Labute approximate surface area is 119 Å². The average molecular weight is 291 g/mol. The normalized spacial score (nSPS) is 14.3. The maximum atomic E-state index is 12.2. The number of furan rings is 1. The molecule has 0 aromatic carbocycles. The molecule has 104 valence electrons. The van der Waals surface area contributed by atoms with Gasteiger partial charge in [-0.3, -0.25) is 4.79 Å². The zero-order valence-corrected chi connectivity index (χ0v) is 11.7. The van der Waals surface area contributed by atoms with E-state index in [1.54, 1.807) is 24.1 Å². The van der Waals surface area contributed by atoms with Gasteiger partial charge in [-0.25, -0.2) is 0 Å². The monoisotopic (exact) mass is 291 g/mol. The third kappa shape index (κ3) is 2.60. The van der Waals surface area contributed by atoms with Crippen LogP contribution in [0.25, 0.3) is 11.6 Å². The summed E-state index contributed by atoms with van der Waals surface area (Å²) in [5.41, 5.74) is 1.27. The van der Waals surface area contributed by atoms with Crippen LogP contribution < -0.4 is 0 Å². The van der Waals surface area contributed by atoms with E-state index in [4.69, 9.17) is 4.42 Å². The van der Waals surface area contributed by atoms with Crippen LogP contribution in [0.3, 0.4) is 0 Å². The van der Waals surface area contributed by atoms with Crippen LogP contribution in [0.1, 0.15) is 10.6 Å². The summed E-state index contributed by atoms with van der Waals surface area (Å²) in [6, 6.07) is 3.29. The van der Waals surface area contributed by atoms with Gasteiger partial charge >= 0.3 is 0 Å². The molecule has 1 aliphatic rings. The van der Waals surface area contributed by atoms with Gasteiger partial charge in [-0.1, -0.05) is 6.08 Å². The van der Waals surface area contributed by atoms with Crippen molar-refractivity contribution < 1.29 is 9.21 Å². The quantitative estimate of drug-likeness (QED) is 0.852. The molecule has 0 saturated heterocycles. The first kappa shape index (κ1) is 12.9. The van der Waals surface area contributed by atoms with Crippen molar-refractivity contribution in [1.29, 1.82) is 0 Å². The molecule has 0 spiro atoms. The molecule has 2 aromatic heterocycles. The van der Waals surface area contributed by atoms with Crippen LogP contribution >= 0.6 is 11.8 Å². The van der Waals surface area contributed by atoms with Gasteiger partial charge in [0.05, 0.1) is 0 Å². The highest BCUT2D eigenvalue weighted by molar-refractivity contribution is 7.99. The number of aromatic amines is 1. The lowest BCUT2D eigenvalue weighted by atomic mass is 10.2. The van der Waals surface area contributed by atoms with E-state index in [0.717, 1.165) is 11.5 Å². The highest BCUT2D eigenvalue weighted by atomic mass is 32.2. The molecule has 0 radical (unpaired) electrons. The molecule has 3 rings (SSSR count). The molecule has 0 aliphatic carbocycles. The molecular weight excluding hydrogens is 278 g/mol. The van der Waals surface area contributed by atoms with Crippen molar-refractivity contribution in [2.24, 2.45) is 0 Å². The number of nitrogens with zero attached hydrogens (tertiary/aromatic N) is 4. The number of H-pyrrole nitrogens is 1. The number of hydrogen-bond acceptors (Lipinski definition) is 6. The highest BCUT2D eigenvalue weighted by Crippen LogP contribution is 2.20. The van der Waals surface area contributed by atoms with Crippen molar-refractivity contribution >= 4 is 17.7 Å². The third-order valence-electron chi connectivity index (χ3n) is 2.95. The highest BCUT2D eigenvalue weighted by Gasteiger charge is 2.19. The summed E-state index contributed by atoms with van der Waals surface area (Å²) in [6.45, 7) is 0.629. The summed E-state index contributed by atoms with van der Waals surface area (Å²) in [7, 11) is 1.77. The van der Waals surface area contributed by atoms with E-state index in [0.29, 0.717) is 18.1 Å². The molecule has 0 atom stereocenters. The molecule has 20 heavy (non-hydrogen) atoms. The predicted octanol–water partition coefficient (Wildman–Crippen LogP) is 1.20. The van der Waals surface area contributed by atoms with Crippen molar-refractivity contribution in [3.05, 3.63) is 29.5 Å². The minimum absolute atomic E-state index is 0.155. The number of likely N-dealkylation sites (N-methyl/N-ethyl adjacent to an activating group) is 1. The summed E-state index contributed by atoms with van der Waals surface area (Å²) >= 11 is 1.85. The lowest BCUT2D eigenvalue weighted by molar-refractivity contribution is 0.0776. The summed E-state index contributed by atoms with van der Waals surface area (Å²) in [4.78, 5) is 13.9. The minimum atomic E-state index is -0.155. The largest absolute Gasteiger partial charge is 0.447 e. The van der Waals surface area contributed by atoms with Crippen molar-refractivity contribution in [2.75, 3.05) is 25.1 Å². The standard InChI is InChI=1S/C12H13N5O2S/c1-17(6-8-4-5-20-7-8)12(18)10-3-2-9(19-10)11-13-15-16-14-11/h2-4H,5-7H2,1H3,(H,13,14,15,16). The van der Waals surface area contributed by atoms with Crippen molar-refractivity contribution in [2.45, 2.75) is 0 Å². The first-order valence-electron chi connectivity index (χ1n) is 6.09. The van der Waals surface area contributed by atoms with Gasteiger partial charge in [0, 0.05) is 25.1 Å². The van der Waals surface area contributed by atoms with Crippen LogP contribution in [-0.4, -0.2) is 56.5 Å². The fourth-order valence-electron chi connectivity index (χ4n) is 1.94. The lowest BCUT2D eigenvalue weighted by Crippen LogP contribution is -2.28. The number of rotatable bonds is 4. The van der Waals surface area contributed by atoms with Crippen LogP contribution in [0.15, 0.2) is 28.2 Å². The molecule has 3 heterocycles. The van der Waals surface area contributed by atoms with Crippen molar-refractivity contribution in [1.82, 2.24) is 25.5 Å². The van der Waals surface area contributed by atoms with Crippen molar-refractivity contribution in [3.8, 4) is 11.6 Å². The topological polar surface area (TPSA) is 87.9 Å². The molecule has 1 amide bonds. The van der Waals surface area contributed by atoms with E-state index in [1.807, 2.05) is 11.8 Å². The Morgan fingerprint density at radius 3 is 3.15 bits per heavy atom. The molecule has 0 bridgehead atoms. The van der Waals surface area contributed by atoms with Gasteiger partial charge in [0.2, 0.25) is 5.82 Å². The van der Waals surface area contributed by atoms with E-state index in [1.165, 1.54) is 5.57 Å². The molecule has 8 heteroatoms. The maximum Gasteiger partial charge on any atom is 0.289 e. The Bertz CT molecular complexity index is 634. The molecule has 0 unspecified atom stereocenters. The number of thioether (sulfide) groups is 1. The van der Waals surface area contributed by atoms with Crippen LogP contribution in [0, 0.1) is 0 Å². The SMILES string of the molecule is CN(CC1=CCSC1)C(=O)c1ccc(-c2nn[nH]n2)o1. The van der Waals surface area contributed by atoms with E-state index in [-0.39, 0.29) is 11.7 Å². The Kier molecular flexibility index (Phi) is 3.55.